The van der Waals surface area contributed by atoms with Crippen LogP contribution in [0.25, 0.3) is 0 Å². The molecular formula is C10H18N2O2. The van der Waals surface area contributed by atoms with Gasteiger partial charge in [0, 0.05) is 26.6 Å². The summed E-state index contributed by atoms with van der Waals surface area (Å²) >= 11 is 0. The second-order valence-electron chi connectivity index (χ2n) is 3.62. The summed E-state index contributed by atoms with van der Waals surface area (Å²) in [6.07, 6.45) is 1.18. The van der Waals surface area contributed by atoms with E-state index in [2.05, 4.69) is 0 Å². The van der Waals surface area contributed by atoms with E-state index in [0.29, 0.717) is 25.9 Å². The SMILES string of the molecule is CCC(=O)N1CCN(C)C(=O)C1CC. The van der Waals surface area contributed by atoms with Crippen LogP contribution in [0.2, 0.25) is 0 Å². The van der Waals surface area contributed by atoms with Crippen molar-refractivity contribution in [3.05, 3.63) is 0 Å². The molecule has 0 aromatic rings. The highest BCUT2D eigenvalue weighted by Crippen LogP contribution is 2.14. The van der Waals surface area contributed by atoms with E-state index < -0.39 is 0 Å². The van der Waals surface area contributed by atoms with Gasteiger partial charge < -0.3 is 9.80 Å². The molecule has 4 heteroatoms. The zero-order valence-electron chi connectivity index (χ0n) is 9.12. The van der Waals surface area contributed by atoms with E-state index in [0.717, 1.165) is 0 Å². The number of likely N-dealkylation sites (N-methyl/N-ethyl adjacent to an activating group) is 1. The summed E-state index contributed by atoms with van der Waals surface area (Å²) in [4.78, 5) is 26.7. The first kappa shape index (κ1) is 11.0. The van der Waals surface area contributed by atoms with Crippen LogP contribution in [0.5, 0.6) is 0 Å². The second-order valence-corrected chi connectivity index (χ2v) is 3.62. The summed E-state index contributed by atoms with van der Waals surface area (Å²) in [6, 6.07) is -0.235. The average Bonchev–Trinajstić information content (AvgIpc) is 2.20. The minimum Gasteiger partial charge on any atom is -0.342 e. The van der Waals surface area contributed by atoms with Gasteiger partial charge >= 0.3 is 0 Å². The monoisotopic (exact) mass is 198 g/mol. The molecule has 0 bridgehead atoms. The van der Waals surface area contributed by atoms with Crippen LogP contribution in [0, 0.1) is 0 Å². The van der Waals surface area contributed by atoms with Crippen molar-refractivity contribution in [1.82, 2.24) is 9.80 Å². The minimum atomic E-state index is -0.235. The Labute approximate surface area is 84.9 Å². The van der Waals surface area contributed by atoms with Crippen molar-refractivity contribution in [3.8, 4) is 0 Å². The largest absolute Gasteiger partial charge is 0.342 e. The fourth-order valence-electron chi connectivity index (χ4n) is 1.81. The Bertz CT molecular complexity index is 240. The molecule has 1 saturated heterocycles. The van der Waals surface area contributed by atoms with Crippen LogP contribution in [0.4, 0.5) is 0 Å². The summed E-state index contributed by atoms with van der Waals surface area (Å²) in [6.45, 7) is 5.10. The summed E-state index contributed by atoms with van der Waals surface area (Å²) < 4.78 is 0. The Morgan fingerprint density at radius 1 is 1.43 bits per heavy atom. The van der Waals surface area contributed by atoms with Crippen LogP contribution in [-0.2, 0) is 9.59 Å². The molecule has 1 fully saturated rings. The van der Waals surface area contributed by atoms with Gasteiger partial charge in [-0.2, -0.15) is 0 Å². The van der Waals surface area contributed by atoms with Crippen LogP contribution in [0.15, 0.2) is 0 Å². The van der Waals surface area contributed by atoms with Crippen molar-refractivity contribution in [2.75, 3.05) is 20.1 Å². The third-order valence-corrected chi connectivity index (χ3v) is 2.72. The number of piperazine rings is 1. The molecular weight excluding hydrogens is 180 g/mol. The Kier molecular flexibility index (Phi) is 3.49. The van der Waals surface area contributed by atoms with Crippen molar-refractivity contribution in [2.24, 2.45) is 0 Å². The maximum absolute atomic E-state index is 11.7. The highest BCUT2D eigenvalue weighted by Gasteiger charge is 2.33. The van der Waals surface area contributed by atoms with E-state index >= 15 is 0 Å². The molecule has 1 rings (SSSR count). The quantitative estimate of drug-likeness (QED) is 0.647. The van der Waals surface area contributed by atoms with Crippen molar-refractivity contribution in [2.45, 2.75) is 32.7 Å². The molecule has 1 aliphatic heterocycles. The van der Waals surface area contributed by atoms with Crippen molar-refractivity contribution < 1.29 is 9.59 Å². The normalized spacial score (nSPS) is 22.8. The number of nitrogens with zero attached hydrogens (tertiary/aromatic N) is 2. The highest BCUT2D eigenvalue weighted by molar-refractivity contribution is 5.88. The molecule has 0 spiro atoms. The van der Waals surface area contributed by atoms with Crippen LogP contribution in [-0.4, -0.2) is 47.8 Å². The summed E-state index contributed by atoms with van der Waals surface area (Å²) in [5, 5.41) is 0. The predicted octanol–water partition coefficient (Wildman–Crippen LogP) is 0.476. The molecule has 0 aromatic heterocycles. The lowest BCUT2D eigenvalue weighted by atomic mass is 10.1. The topological polar surface area (TPSA) is 40.6 Å². The van der Waals surface area contributed by atoms with Crippen LogP contribution >= 0.6 is 0 Å². The zero-order valence-corrected chi connectivity index (χ0v) is 9.12. The second kappa shape index (κ2) is 4.44. The van der Waals surface area contributed by atoms with Gasteiger partial charge in [-0.3, -0.25) is 9.59 Å². The fourth-order valence-corrected chi connectivity index (χ4v) is 1.81. The molecule has 14 heavy (non-hydrogen) atoms. The van der Waals surface area contributed by atoms with Gasteiger partial charge in [0.1, 0.15) is 6.04 Å². The molecule has 80 valence electrons. The Morgan fingerprint density at radius 2 is 2.07 bits per heavy atom. The first-order valence-electron chi connectivity index (χ1n) is 5.16. The first-order chi connectivity index (χ1) is 6.61. The van der Waals surface area contributed by atoms with E-state index in [4.69, 9.17) is 0 Å². The number of rotatable bonds is 2. The molecule has 1 atom stereocenters. The number of amides is 2. The van der Waals surface area contributed by atoms with Gasteiger partial charge in [0.2, 0.25) is 11.8 Å². The standard InChI is InChI=1S/C10H18N2O2/c1-4-8-10(14)11(3)6-7-12(8)9(13)5-2/h8H,4-7H2,1-3H3. The lowest BCUT2D eigenvalue weighted by molar-refractivity contribution is -0.150. The Hall–Kier alpha value is -1.06. The number of carbonyl (C=O) groups is 2. The van der Waals surface area contributed by atoms with E-state index in [-0.39, 0.29) is 17.9 Å². The lowest BCUT2D eigenvalue weighted by Crippen LogP contribution is -2.57. The Balaban J connectivity index is 2.77. The zero-order chi connectivity index (χ0) is 10.7. The van der Waals surface area contributed by atoms with Gasteiger partial charge in [-0.25, -0.2) is 0 Å². The molecule has 0 radical (unpaired) electrons. The van der Waals surface area contributed by atoms with E-state index in [1.165, 1.54) is 0 Å². The molecule has 1 unspecified atom stereocenters. The van der Waals surface area contributed by atoms with E-state index in [1.54, 1.807) is 16.8 Å². The van der Waals surface area contributed by atoms with Gasteiger partial charge in [0.25, 0.3) is 0 Å². The van der Waals surface area contributed by atoms with E-state index in [9.17, 15) is 9.59 Å². The third-order valence-electron chi connectivity index (χ3n) is 2.72. The van der Waals surface area contributed by atoms with Crippen LogP contribution in [0.3, 0.4) is 0 Å². The van der Waals surface area contributed by atoms with Crippen LogP contribution in [0.1, 0.15) is 26.7 Å². The molecule has 2 amide bonds. The number of hydrogen-bond acceptors (Lipinski definition) is 2. The van der Waals surface area contributed by atoms with Gasteiger partial charge in [-0.15, -0.1) is 0 Å². The molecule has 0 aromatic carbocycles. The van der Waals surface area contributed by atoms with Crippen molar-refractivity contribution in [3.63, 3.8) is 0 Å². The van der Waals surface area contributed by atoms with Crippen LogP contribution < -0.4 is 0 Å². The first-order valence-corrected chi connectivity index (χ1v) is 5.16. The maximum Gasteiger partial charge on any atom is 0.245 e. The summed E-state index contributed by atoms with van der Waals surface area (Å²) in [5.74, 6) is 0.152. The molecule has 0 aliphatic carbocycles. The Morgan fingerprint density at radius 3 is 2.57 bits per heavy atom. The van der Waals surface area contributed by atoms with Crippen molar-refractivity contribution in [1.29, 1.82) is 0 Å². The molecule has 1 heterocycles. The third kappa shape index (κ3) is 1.89. The van der Waals surface area contributed by atoms with Gasteiger partial charge in [-0.05, 0) is 6.42 Å². The van der Waals surface area contributed by atoms with Gasteiger partial charge in [0.05, 0.1) is 0 Å². The number of carbonyl (C=O) groups excluding carboxylic acids is 2. The lowest BCUT2D eigenvalue weighted by Gasteiger charge is -2.38. The smallest absolute Gasteiger partial charge is 0.245 e. The predicted molar refractivity (Wildman–Crippen MR) is 53.7 cm³/mol. The highest BCUT2D eigenvalue weighted by atomic mass is 16.2. The van der Waals surface area contributed by atoms with Gasteiger partial charge in [-0.1, -0.05) is 13.8 Å². The van der Waals surface area contributed by atoms with E-state index in [1.807, 2.05) is 13.8 Å². The molecule has 0 N–H and O–H groups in total. The van der Waals surface area contributed by atoms with Crippen molar-refractivity contribution >= 4 is 11.8 Å². The molecule has 0 saturated carbocycles. The molecule has 4 nitrogen and oxygen atoms in total. The summed E-state index contributed by atoms with van der Waals surface area (Å²) in [7, 11) is 1.79. The fraction of sp³-hybridized carbons (Fsp3) is 0.800. The molecule has 1 aliphatic rings. The minimum absolute atomic E-state index is 0.0700. The van der Waals surface area contributed by atoms with Gasteiger partial charge in [0.15, 0.2) is 0 Å². The summed E-state index contributed by atoms with van der Waals surface area (Å²) in [5.41, 5.74) is 0. The average molecular weight is 198 g/mol. The maximum atomic E-state index is 11.7. The number of hydrogen-bond donors (Lipinski definition) is 0.